The predicted molar refractivity (Wildman–Crippen MR) is 65.2 cm³/mol. The molecule has 0 spiro atoms. The minimum Gasteiger partial charge on any atom is -0.398 e. The van der Waals surface area contributed by atoms with Gasteiger partial charge in [0, 0.05) is 17.9 Å². The maximum absolute atomic E-state index is 11.2. The van der Waals surface area contributed by atoms with E-state index < -0.39 is 0 Å². The lowest BCUT2D eigenvalue weighted by Crippen LogP contribution is -2.45. The second-order valence-corrected chi connectivity index (χ2v) is 4.22. The van der Waals surface area contributed by atoms with E-state index >= 15 is 0 Å². The number of amides is 1. The third-order valence-electron chi connectivity index (χ3n) is 3.20. The zero-order valence-corrected chi connectivity index (χ0v) is 9.44. The lowest BCUT2D eigenvalue weighted by molar-refractivity contribution is -0.119. The Kier molecular flexibility index (Phi) is 2.73. The summed E-state index contributed by atoms with van der Waals surface area (Å²) < 4.78 is 0. The van der Waals surface area contributed by atoms with Gasteiger partial charge < -0.3 is 16.4 Å². The van der Waals surface area contributed by atoms with Crippen LogP contribution in [0.4, 0.5) is 11.4 Å². The van der Waals surface area contributed by atoms with Crippen LogP contribution < -0.4 is 16.4 Å². The molecule has 1 aliphatic rings. The van der Waals surface area contributed by atoms with Crippen LogP contribution in [0, 0.1) is 0 Å². The summed E-state index contributed by atoms with van der Waals surface area (Å²) >= 11 is 0. The van der Waals surface area contributed by atoms with Gasteiger partial charge in [-0.15, -0.1) is 0 Å². The van der Waals surface area contributed by atoms with Crippen molar-refractivity contribution in [1.29, 1.82) is 0 Å². The van der Waals surface area contributed by atoms with Crippen LogP contribution in [0.15, 0.2) is 18.2 Å². The van der Waals surface area contributed by atoms with Crippen molar-refractivity contribution < 1.29 is 4.79 Å². The number of nitrogens with zero attached hydrogens (tertiary/aromatic N) is 1. The van der Waals surface area contributed by atoms with Crippen molar-refractivity contribution in [3.63, 3.8) is 0 Å². The summed E-state index contributed by atoms with van der Waals surface area (Å²) in [4.78, 5) is 13.3. The summed E-state index contributed by atoms with van der Waals surface area (Å²) in [6.45, 7) is 2.70. The van der Waals surface area contributed by atoms with Gasteiger partial charge in [0.15, 0.2) is 0 Å². The first-order valence-electron chi connectivity index (χ1n) is 5.54. The molecule has 1 aromatic carbocycles. The Bertz CT molecular complexity index is 417. The van der Waals surface area contributed by atoms with Gasteiger partial charge in [0.1, 0.15) is 6.04 Å². The molecule has 86 valence electrons. The SMILES string of the molecule is CC(C(N)=O)N1CCCc2c(N)cccc21. The van der Waals surface area contributed by atoms with E-state index in [1.807, 2.05) is 30.0 Å². The first-order valence-corrected chi connectivity index (χ1v) is 5.54. The van der Waals surface area contributed by atoms with Gasteiger partial charge in [-0.3, -0.25) is 4.79 Å². The number of hydrogen-bond donors (Lipinski definition) is 2. The Hall–Kier alpha value is -1.71. The van der Waals surface area contributed by atoms with Crippen molar-refractivity contribution in [2.24, 2.45) is 5.73 Å². The molecule has 1 atom stereocenters. The fourth-order valence-electron chi connectivity index (χ4n) is 2.24. The molecule has 0 saturated heterocycles. The summed E-state index contributed by atoms with van der Waals surface area (Å²) in [6, 6.07) is 5.54. The Balaban J connectivity index is 2.40. The van der Waals surface area contributed by atoms with Gasteiger partial charge in [0.25, 0.3) is 0 Å². The molecule has 1 aliphatic heterocycles. The number of benzene rings is 1. The van der Waals surface area contributed by atoms with E-state index in [2.05, 4.69) is 0 Å². The van der Waals surface area contributed by atoms with Crippen LogP contribution in [-0.2, 0) is 11.2 Å². The summed E-state index contributed by atoms with van der Waals surface area (Å²) in [5, 5.41) is 0. The highest BCUT2D eigenvalue weighted by atomic mass is 16.1. The number of anilines is 2. The van der Waals surface area contributed by atoms with Crippen LogP contribution in [-0.4, -0.2) is 18.5 Å². The molecule has 0 bridgehead atoms. The van der Waals surface area contributed by atoms with Gasteiger partial charge in [-0.05, 0) is 37.5 Å². The zero-order chi connectivity index (χ0) is 11.7. The highest BCUT2D eigenvalue weighted by molar-refractivity contribution is 5.84. The van der Waals surface area contributed by atoms with Crippen molar-refractivity contribution >= 4 is 17.3 Å². The van der Waals surface area contributed by atoms with Crippen LogP contribution in [0.3, 0.4) is 0 Å². The monoisotopic (exact) mass is 219 g/mol. The summed E-state index contributed by atoms with van der Waals surface area (Å²) in [7, 11) is 0. The maximum atomic E-state index is 11.2. The molecule has 4 nitrogen and oxygen atoms in total. The number of hydrogen-bond acceptors (Lipinski definition) is 3. The maximum Gasteiger partial charge on any atom is 0.239 e. The second kappa shape index (κ2) is 4.04. The number of nitrogens with two attached hydrogens (primary N) is 2. The highest BCUT2D eigenvalue weighted by Crippen LogP contribution is 2.32. The number of primary amides is 1. The van der Waals surface area contributed by atoms with Gasteiger partial charge >= 0.3 is 0 Å². The third kappa shape index (κ3) is 1.71. The number of fused-ring (bicyclic) bond motifs is 1. The lowest BCUT2D eigenvalue weighted by atomic mass is 9.98. The lowest BCUT2D eigenvalue weighted by Gasteiger charge is -2.35. The van der Waals surface area contributed by atoms with Crippen LogP contribution in [0.25, 0.3) is 0 Å². The van der Waals surface area contributed by atoms with Crippen molar-refractivity contribution in [3.8, 4) is 0 Å². The molecule has 1 aromatic rings. The van der Waals surface area contributed by atoms with Gasteiger partial charge in [0.2, 0.25) is 5.91 Å². The third-order valence-corrected chi connectivity index (χ3v) is 3.20. The molecule has 1 unspecified atom stereocenters. The second-order valence-electron chi connectivity index (χ2n) is 4.22. The highest BCUT2D eigenvalue weighted by Gasteiger charge is 2.25. The van der Waals surface area contributed by atoms with Gasteiger partial charge in [-0.2, -0.15) is 0 Å². The normalized spacial score (nSPS) is 16.7. The molecular weight excluding hydrogens is 202 g/mol. The van der Waals surface area contributed by atoms with Crippen molar-refractivity contribution in [2.45, 2.75) is 25.8 Å². The smallest absolute Gasteiger partial charge is 0.239 e. The van der Waals surface area contributed by atoms with E-state index in [1.54, 1.807) is 0 Å². The van der Waals surface area contributed by atoms with E-state index in [4.69, 9.17) is 11.5 Å². The summed E-state index contributed by atoms with van der Waals surface area (Å²) in [5.41, 5.74) is 14.3. The van der Waals surface area contributed by atoms with Crippen LogP contribution in [0.5, 0.6) is 0 Å². The number of rotatable bonds is 2. The molecule has 0 fully saturated rings. The fourth-order valence-corrected chi connectivity index (χ4v) is 2.24. The minimum absolute atomic E-state index is 0.277. The molecule has 1 heterocycles. The van der Waals surface area contributed by atoms with Crippen molar-refractivity contribution in [1.82, 2.24) is 0 Å². The molecule has 0 aliphatic carbocycles. The van der Waals surface area contributed by atoms with Crippen LogP contribution >= 0.6 is 0 Å². The number of carbonyl (C=O) groups excluding carboxylic acids is 1. The topological polar surface area (TPSA) is 72.4 Å². The molecule has 16 heavy (non-hydrogen) atoms. The largest absolute Gasteiger partial charge is 0.398 e. The molecule has 1 amide bonds. The minimum atomic E-state index is -0.296. The van der Waals surface area contributed by atoms with Gasteiger partial charge in [-0.1, -0.05) is 6.07 Å². The van der Waals surface area contributed by atoms with E-state index in [0.29, 0.717) is 0 Å². The van der Waals surface area contributed by atoms with Gasteiger partial charge in [-0.25, -0.2) is 0 Å². The van der Waals surface area contributed by atoms with E-state index in [9.17, 15) is 4.79 Å². The molecule has 2 rings (SSSR count). The quantitative estimate of drug-likeness (QED) is 0.726. The molecule has 0 radical (unpaired) electrons. The molecule has 4 heteroatoms. The first kappa shape index (κ1) is 10.8. The average Bonchev–Trinajstić information content (AvgIpc) is 2.28. The standard InChI is InChI=1S/C12H17N3O/c1-8(12(14)16)15-7-3-4-9-10(13)5-2-6-11(9)15/h2,5-6,8H,3-4,7,13H2,1H3,(H2,14,16). The molecule has 0 aromatic heterocycles. The number of carbonyl (C=O) groups is 1. The zero-order valence-electron chi connectivity index (χ0n) is 9.44. The van der Waals surface area contributed by atoms with E-state index in [-0.39, 0.29) is 11.9 Å². The van der Waals surface area contributed by atoms with Crippen LogP contribution in [0.2, 0.25) is 0 Å². The van der Waals surface area contributed by atoms with Crippen molar-refractivity contribution in [3.05, 3.63) is 23.8 Å². The van der Waals surface area contributed by atoms with Crippen LogP contribution in [0.1, 0.15) is 18.9 Å². The fraction of sp³-hybridized carbons (Fsp3) is 0.417. The summed E-state index contributed by atoms with van der Waals surface area (Å²) in [6.07, 6.45) is 1.99. The molecule has 4 N–H and O–H groups in total. The Morgan fingerprint density at radius 3 is 2.94 bits per heavy atom. The average molecular weight is 219 g/mol. The molecular formula is C12H17N3O. The predicted octanol–water partition coefficient (Wildman–Crippen LogP) is 0.895. The summed E-state index contributed by atoms with van der Waals surface area (Å²) in [5.74, 6) is -0.296. The first-order chi connectivity index (χ1) is 7.61. The van der Waals surface area contributed by atoms with Crippen molar-refractivity contribution in [2.75, 3.05) is 17.2 Å². The van der Waals surface area contributed by atoms with E-state index in [1.165, 1.54) is 0 Å². The Labute approximate surface area is 95.2 Å². The Morgan fingerprint density at radius 1 is 1.50 bits per heavy atom. The molecule has 0 saturated carbocycles. The van der Waals surface area contributed by atoms with E-state index in [0.717, 1.165) is 36.3 Å². The number of nitrogen functional groups attached to an aromatic ring is 1. The Morgan fingerprint density at radius 2 is 2.25 bits per heavy atom. The van der Waals surface area contributed by atoms with Gasteiger partial charge in [0.05, 0.1) is 0 Å².